The van der Waals surface area contributed by atoms with Gasteiger partial charge in [0.15, 0.2) is 5.82 Å². The van der Waals surface area contributed by atoms with Gasteiger partial charge in [-0.2, -0.15) is 18.4 Å². The Morgan fingerprint density at radius 1 is 1.29 bits per heavy atom. The lowest BCUT2D eigenvalue weighted by Gasteiger charge is -2.22. The van der Waals surface area contributed by atoms with Crippen molar-refractivity contribution in [3.8, 4) is 6.07 Å². The van der Waals surface area contributed by atoms with Crippen LogP contribution in [0.5, 0.6) is 0 Å². The molecule has 0 bridgehead atoms. The van der Waals surface area contributed by atoms with Crippen LogP contribution >= 0.6 is 19.4 Å². The molecule has 8 nitrogen and oxygen atoms in total. The summed E-state index contributed by atoms with van der Waals surface area (Å²) in [4.78, 5) is 16.5. The van der Waals surface area contributed by atoms with Gasteiger partial charge in [-0.3, -0.25) is 4.57 Å². The molecule has 13 heteroatoms. The van der Waals surface area contributed by atoms with Gasteiger partial charge in [-0.25, -0.2) is 4.98 Å². The highest BCUT2D eigenvalue weighted by molar-refractivity contribution is 7.98. The molecule has 2 heterocycles. The molecule has 1 aromatic heterocycles. The lowest BCUT2D eigenvalue weighted by atomic mass is 10.1. The van der Waals surface area contributed by atoms with Crippen molar-refractivity contribution in [2.45, 2.75) is 30.1 Å². The maximum atomic E-state index is 13.8. The van der Waals surface area contributed by atoms with Crippen LogP contribution in [0.2, 0.25) is 0 Å². The number of halogens is 3. The fourth-order valence-corrected chi connectivity index (χ4v) is 4.76. The highest BCUT2D eigenvalue weighted by Crippen LogP contribution is 2.46. The molecule has 1 atom stereocenters. The third-order valence-corrected chi connectivity index (χ3v) is 7.17. The number of anilines is 3. The first-order chi connectivity index (χ1) is 16.5. The number of rotatable bonds is 7. The predicted molar refractivity (Wildman–Crippen MR) is 132 cm³/mol. The number of benzene rings is 1. The molecule has 0 saturated carbocycles. The van der Waals surface area contributed by atoms with Gasteiger partial charge in [0.05, 0.1) is 17.4 Å². The molecular weight excluding hydrogens is 502 g/mol. The van der Waals surface area contributed by atoms with Crippen LogP contribution in [0.3, 0.4) is 0 Å². The van der Waals surface area contributed by atoms with Crippen molar-refractivity contribution in [1.82, 2.24) is 10.3 Å². The number of nitrogens with one attached hydrogen (secondary N) is 2. The highest BCUT2D eigenvalue weighted by Gasteiger charge is 2.37. The smallest absolute Gasteiger partial charge is 0.357 e. The minimum absolute atomic E-state index is 0.150. The van der Waals surface area contributed by atoms with E-state index in [9.17, 15) is 27.9 Å². The lowest BCUT2D eigenvalue weighted by Crippen LogP contribution is -2.21. The van der Waals surface area contributed by atoms with E-state index >= 15 is 0 Å². The van der Waals surface area contributed by atoms with E-state index in [1.807, 2.05) is 14.1 Å². The van der Waals surface area contributed by atoms with Crippen LogP contribution in [0, 0.1) is 11.3 Å². The van der Waals surface area contributed by atoms with E-state index in [1.165, 1.54) is 11.8 Å². The Labute approximate surface area is 207 Å². The molecule has 0 amide bonds. The molecule has 3 rings (SSSR count). The Morgan fingerprint density at radius 2 is 1.91 bits per heavy atom. The maximum absolute atomic E-state index is 13.8. The molecular formula is C22H29F3N5O3PS. The van der Waals surface area contributed by atoms with E-state index in [2.05, 4.69) is 20.1 Å². The van der Waals surface area contributed by atoms with E-state index < -0.39 is 24.9 Å². The molecule has 1 aliphatic rings. The largest absolute Gasteiger partial charge is 0.417 e. The summed E-state index contributed by atoms with van der Waals surface area (Å²) < 4.78 is 57.8. The quantitative estimate of drug-likeness (QED) is 0.328. The zero-order valence-electron chi connectivity index (χ0n) is 19.9. The summed E-state index contributed by atoms with van der Waals surface area (Å²) in [5, 5.41) is 15.1. The first kappa shape index (κ1) is 28.9. The average molecular weight is 532 g/mol. The van der Waals surface area contributed by atoms with Crippen LogP contribution in [0.25, 0.3) is 0 Å². The summed E-state index contributed by atoms with van der Waals surface area (Å²) in [5.74, 6) is -0.0620. The number of pyridine rings is 1. The van der Waals surface area contributed by atoms with Crippen LogP contribution in [0.15, 0.2) is 29.2 Å². The monoisotopic (exact) mass is 531 g/mol. The number of alkyl halides is 3. The molecule has 1 aliphatic heterocycles. The molecule has 0 radical (unpaired) electrons. The highest BCUT2D eigenvalue weighted by atomic mass is 32.2. The molecule has 1 unspecified atom stereocenters. The van der Waals surface area contributed by atoms with Crippen molar-refractivity contribution in [2.75, 3.05) is 50.8 Å². The first-order valence-corrected chi connectivity index (χ1v) is 13.7. The molecule has 0 aliphatic carbocycles. The molecule has 1 saturated heterocycles. The van der Waals surface area contributed by atoms with Gasteiger partial charge in [0.25, 0.3) is 0 Å². The summed E-state index contributed by atoms with van der Waals surface area (Å²) >= 11 is 1.33. The standard InChI is InChI=1S/C20H22F3N4O3PS.C2H7N/c1-30-31(28,29)12-13-5-6-17(32-2)16(9-13)25-19-14(11-24)15(20(21,22)23)10-18(26-19)27-7-3-4-8-27;1-3-2/h5-6,9-10H,3-4,7-8,12H2,1-2H3,(H,25,26)(H,28,29);3H,1-2H3. The molecule has 1 aromatic carbocycles. The van der Waals surface area contributed by atoms with Gasteiger partial charge in [0, 0.05) is 25.1 Å². The summed E-state index contributed by atoms with van der Waals surface area (Å²) in [6.45, 7) is 1.17. The van der Waals surface area contributed by atoms with Gasteiger partial charge in [0.1, 0.15) is 17.5 Å². The normalized spacial score (nSPS) is 15.1. The topological polar surface area (TPSA) is 111 Å². The van der Waals surface area contributed by atoms with Crippen molar-refractivity contribution in [3.05, 3.63) is 41.0 Å². The Hall–Kier alpha value is -2.29. The van der Waals surface area contributed by atoms with Crippen molar-refractivity contribution < 1.29 is 27.2 Å². The van der Waals surface area contributed by atoms with Crippen LogP contribution in [-0.4, -0.2) is 50.4 Å². The van der Waals surface area contributed by atoms with Crippen molar-refractivity contribution in [2.24, 2.45) is 0 Å². The minimum atomic E-state index is -4.73. The van der Waals surface area contributed by atoms with E-state index in [1.54, 1.807) is 35.4 Å². The zero-order chi connectivity index (χ0) is 26.2. The number of nitrogens with zero attached hydrogens (tertiary/aromatic N) is 3. The van der Waals surface area contributed by atoms with Crippen LogP contribution in [-0.2, 0) is 21.4 Å². The maximum Gasteiger partial charge on any atom is 0.417 e. The van der Waals surface area contributed by atoms with Crippen molar-refractivity contribution in [3.63, 3.8) is 0 Å². The van der Waals surface area contributed by atoms with Crippen LogP contribution < -0.4 is 15.5 Å². The zero-order valence-corrected chi connectivity index (χ0v) is 21.7. The second-order valence-electron chi connectivity index (χ2n) is 7.69. The third kappa shape index (κ3) is 7.85. The summed E-state index contributed by atoms with van der Waals surface area (Å²) in [5.41, 5.74) is -0.840. The number of nitriles is 1. The second-order valence-corrected chi connectivity index (χ2v) is 10.5. The van der Waals surface area contributed by atoms with Gasteiger partial charge in [-0.1, -0.05) is 6.07 Å². The van der Waals surface area contributed by atoms with E-state index in [0.29, 0.717) is 29.2 Å². The molecule has 0 spiro atoms. The number of hydrogen-bond acceptors (Lipinski definition) is 8. The molecule has 192 valence electrons. The Bertz CT molecular complexity index is 1100. The molecule has 3 N–H and O–H groups in total. The Kier molecular flexibility index (Phi) is 10.4. The van der Waals surface area contributed by atoms with Crippen LogP contribution in [0.1, 0.15) is 29.5 Å². The van der Waals surface area contributed by atoms with Crippen molar-refractivity contribution in [1.29, 1.82) is 5.26 Å². The number of thioether (sulfide) groups is 1. The second kappa shape index (κ2) is 12.6. The predicted octanol–water partition coefficient (Wildman–Crippen LogP) is 5.21. The first-order valence-electron chi connectivity index (χ1n) is 10.7. The van der Waals surface area contributed by atoms with E-state index in [4.69, 9.17) is 0 Å². The van der Waals surface area contributed by atoms with Gasteiger partial charge in [-0.05, 0) is 57.0 Å². The minimum Gasteiger partial charge on any atom is -0.357 e. The third-order valence-electron chi connectivity index (χ3n) is 5.04. The van der Waals surface area contributed by atoms with E-state index in [-0.39, 0.29) is 17.8 Å². The lowest BCUT2D eigenvalue weighted by molar-refractivity contribution is -0.137. The van der Waals surface area contributed by atoms with Gasteiger partial charge in [0.2, 0.25) is 0 Å². The van der Waals surface area contributed by atoms with Crippen molar-refractivity contribution >= 4 is 36.7 Å². The SMILES string of the molecule is CNC.COP(=O)(O)Cc1ccc(SC)c(Nc2nc(N3CCCC3)cc(C(F)(F)F)c2C#N)c1. The molecule has 2 aromatic rings. The van der Waals surface area contributed by atoms with Crippen LogP contribution in [0.4, 0.5) is 30.5 Å². The Balaban J connectivity index is 0.00000137. The molecule has 35 heavy (non-hydrogen) atoms. The average Bonchev–Trinajstić information content (AvgIpc) is 3.33. The summed E-state index contributed by atoms with van der Waals surface area (Å²) in [7, 11) is 1.03. The van der Waals surface area contributed by atoms with Gasteiger partial charge < -0.3 is 25.0 Å². The van der Waals surface area contributed by atoms with E-state index in [0.717, 1.165) is 26.0 Å². The van der Waals surface area contributed by atoms with Gasteiger partial charge >= 0.3 is 13.8 Å². The fraction of sp³-hybridized carbons (Fsp3) is 0.455. The summed E-state index contributed by atoms with van der Waals surface area (Å²) in [6.07, 6.45) is -1.51. The Morgan fingerprint density at radius 3 is 2.43 bits per heavy atom. The number of aromatic nitrogens is 1. The summed E-state index contributed by atoms with van der Waals surface area (Å²) in [6, 6.07) is 7.42. The van der Waals surface area contributed by atoms with Gasteiger partial charge in [-0.15, -0.1) is 11.8 Å². The molecule has 1 fully saturated rings. The number of hydrogen-bond donors (Lipinski definition) is 3. The fourth-order valence-electron chi connectivity index (χ4n) is 3.44.